The van der Waals surface area contributed by atoms with E-state index in [2.05, 4.69) is 0 Å². The molecule has 1 aliphatic heterocycles. The van der Waals surface area contributed by atoms with Crippen LogP contribution in [0.25, 0.3) is 11.0 Å². The van der Waals surface area contributed by atoms with Crippen LogP contribution >= 0.6 is 0 Å². The zero-order valence-electron chi connectivity index (χ0n) is 19.9. The fraction of sp³-hybridized carbons (Fsp3) is 0.0968. The molecule has 1 aliphatic rings. The van der Waals surface area contributed by atoms with Gasteiger partial charge in [-0.05, 0) is 73.5 Å². The molecule has 1 atom stereocenters. The van der Waals surface area contributed by atoms with Gasteiger partial charge in [-0.15, -0.1) is 0 Å². The van der Waals surface area contributed by atoms with Gasteiger partial charge in [0.25, 0.3) is 5.91 Å². The van der Waals surface area contributed by atoms with Crippen molar-refractivity contribution in [2.75, 3.05) is 4.90 Å². The van der Waals surface area contributed by atoms with E-state index >= 15 is 0 Å². The second-order valence-corrected chi connectivity index (χ2v) is 9.08. The summed E-state index contributed by atoms with van der Waals surface area (Å²) in [5.41, 5.74) is 3.97. The molecule has 0 saturated heterocycles. The molecule has 1 aromatic heterocycles. The lowest BCUT2D eigenvalue weighted by Crippen LogP contribution is -2.29. The minimum Gasteiger partial charge on any atom is -0.457 e. The van der Waals surface area contributed by atoms with E-state index in [1.807, 2.05) is 105 Å². The SMILES string of the molecule is Cc1cccc(N2C(=O)c3oc4ccc(C)cc4c(=O)c3C2c2cccc(Oc3ccccc3)c2)c1. The van der Waals surface area contributed by atoms with Crippen molar-refractivity contribution in [1.82, 2.24) is 0 Å². The first-order chi connectivity index (χ1) is 17.5. The van der Waals surface area contributed by atoms with Crippen molar-refractivity contribution in [3.05, 3.63) is 135 Å². The first kappa shape index (κ1) is 21.9. The molecule has 5 nitrogen and oxygen atoms in total. The van der Waals surface area contributed by atoms with Gasteiger partial charge >= 0.3 is 0 Å². The summed E-state index contributed by atoms with van der Waals surface area (Å²) in [5, 5.41) is 0.467. The van der Waals surface area contributed by atoms with Crippen molar-refractivity contribution >= 4 is 22.6 Å². The molecule has 0 spiro atoms. The van der Waals surface area contributed by atoms with E-state index < -0.39 is 6.04 Å². The van der Waals surface area contributed by atoms with Crippen molar-refractivity contribution < 1.29 is 13.9 Å². The zero-order chi connectivity index (χ0) is 24.8. The predicted octanol–water partition coefficient (Wildman–Crippen LogP) is 6.95. The Labute approximate surface area is 208 Å². The molecule has 4 aromatic carbocycles. The van der Waals surface area contributed by atoms with Crippen LogP contribution in [0, 0.1) is 13.8 Å². The predicted molar refractivity (Wildman–Crippen MR) is 140 cm³/mol. The van der Waals surface area contributed by atoms with Crippen LogP contribution in [0.2, 0.25) is 0 Å². The number of rotatable bonds is 4. The van der Waals surface area contributed by atoms with Crippen LogP contribution in [0.4, 0.5) is 5.69 Å². The Bertz CT molecular complexity index is 1690. The maximum absolute atomic E-state index is 13.9. The lowest BCUT2D eigenvalue weighted by molar-refractivity contribution is 0.0971. The number of nitrogens with zero attached hydrogens (tertiary/aromatic N) is 1. The van der Waals surface area contributed by atoms with Crippen LogP contribution in [0.15, 0.2) is 106 Å². The number of carbonyl (C=O) groups is 1. The number of ether oxygens (including phenoxy) is 1. The van der Waals surface area contributed by atoms with Crippen molar-refractivity contribution in [3.8, 4) is 11.5 Å². The minimum atomic E-state index is -0.658. The second-order valence-electron chi connectivity index (χ2n) is 9.08. The van der Waals surface area contributed by atoms with E-state index in [-0.39, 0.29) is 17.1 Å². The molecule has 0 saturated carbocycles. The molecule has 176 valence electrons. The summed E-state index contributed by atoms with van der Waals surface area (Å²) in [6.45, 7) is 3.90. The Kier molecular flexibility index (Phi) is 5.19. The van der Waals surface area contributed by atoms with Gasteiger partial charge in [-0.25, -0.2) is 0 Å². The van der Waals surface area contributed by atoms with Crippen LogP contribution in [-0.2, 0) is 0 Å². The van der Waals surface area contributed by atoms with Crippen LogP contribution in [0.3, 0.4) is 0 Å². The molecule has 5 heteroatoms. The molecule has 0 aliphatic carbocycles. The Morgan fingerprint density at radius 3 is 2.31 bits per heavy atom. The molecule has 5 aromatic rings. The first-order valence-corrected chi connectivity index (χ1v) is 11.8. The fourth-order valence-electron chi connectivity index (χ4n) is 4.82. The van der Waals surface area contributed by atoms with Crippen LogP contribution in [0.1, 0.15) is 38.9 Å². The standard InChI is InChI=1S/C31H23NO4/c1-19-8-6-10-22(16-19)32-28(21-9-7-13-24(18-21)35-23-11-4-3-5-12-23)27-29(33)25-17-20(2)14-15-26(25)36-30(27)31(32)34/h3-18,28H,1-2H3. The smallest absolute Gasteiger partial charge is 0.295 e. The maximum atomic E-state index is 13.9. The number of anilines is 1. The highest BCUT2D eigenvalue weighted by Crippen LogP contribution is 2.42. The molecule has 1 amide bonds. The molecular formula is C31H23NO4. The van der Waals surface area contributed by atoms with Crippen molar-refractivity contribution in [2.45, 2.75) is 19.9 Å². The summed E-state index contributed by atoms with van der Waals surface area (Å²) in [6.07, 6.45) is 0. The number of hydrogen-bond donors (Lipinski definition) is 0. The highest BCUT2D eigenvalue weighted by molar-refractivity contribution is 6.10. The molecule has 0 radical (unpaired) electrons. The number of carbonyl (C=O) groups excluding carboxylic acids is 1. The van der Waals surface area contributed by atoms with Gasteiger partial charge in [-0.1, -0.05) is 54.1 Å². The molecule has 2 heterocycles. The van der Waals surface area contributed by atoms with E-state index in [4.69, 9.17) is 9.15 Å². The molecule has 1 unspecified atom stereocenters. The monoisotopic (exact) mass is 473 g/mol. The third kappa shape index (κ3) is 3.66. The van der Waals surface area contributed by atoms with Gasteiger partial charge in [0.2, 0.25) is 5.76 Å². The van der Waals surface area contributed by atoms with Gasteiger partial charge in [0, 0.05) is 5.69 Å². The number of para-hydroxylation sites is 1. The van der Waals surface area contributed by atoms with Gasteiger partial charge in [-0.2, -0.15) is 0 Å². The van der Waals surface area contributed by atoms with E-state index in [0.29, 0.717) is 33.7 Å². The highest BCUT2D eigenvalue weighted by Gasteiger charge is 2.43. The van der Waals surface area contributed by atoms with E-state index in [1.54, 1.807) is 11.0 Å². The number of fused-ring (bicyclic) bond motifs is 2. The van der Waals surface area contributed by atoms with Crippen molar-refractivity contribution in [2.24, 2.45) is 0 Å². The molecule has 0 N–H and O–H groups in total. The summed E-state index contributed by atoms with van der Waals surface area (Å²) < 4.78 is 12.2. The quantitative estimate of drug-likeness (QED) is 0.283. The summed E-state index contributed by atoms with van der Waals surface area (Å²) in [6, 6.07) is 29.5. The average molecular weight is 474 g/mol. The fourth-order valence-corrected chi connectivity index (χ4v) is 4.82. The maximum Gasteiger partial charge on any atom is 0.295 e. The third-order valence-electron chi connectivity index (χ3n) is 6.46. The lowest BCUT2D eigenvalue weighted by Gasteiger charge is -2.26. The number of amides is 1. The zero-order valence-corrected chi connectivity index (χ0v) is 19.9. The summed E-state index contributed by atoms with van der Waals surface area (Å²) in [7, 11) is 0. The Morgan fingerprint density at radius 1 is 0.750 bits per heavy atom. The van der Waals surface area contributed by atoms with E-state index in [1.165, 1.54) is 0 Å². The van der Waals surface area contributed by atoms with Gasteiger partial charge in [0.15, 0.2) is 5.43 Å². The minimum absolute atomic E-state index is 0.0808. The largest absolute Gasteiger partial charge is 0.457 e. The molecule has 0 bridgehead atoms. The van der Waals surface area contributed by atoms with Gasteiger partial charge in [-0.3, -0.25) is 14.5 Å². The Hall–Kier alpha value is -4.64. The van der Waals surface area contributed by atoms with Crippen molar-refractivity contribution in [3.63, 3.8) is 0 Å². The Morgan fingerprint density at radius 2 is 1.50 bits per heavy atom. The van der Waals surface area contributed by atoms with Crippen LogP contribution in [0.5, 0.6) is 11.5 Å². The van der Waals surface area contributed by atoms with Gasteiger partial charge < -0.3 is 9.15 Å². The number of hydrogen-bond acceptors (Lipinski definition) is 4. The number of benzene rings is 4. The summed E-state index contributed by atoms with van der Waals surface area (Å²) in [5.74, 6) is 1.06. The first-order valence-electron chi connectivity index (χ1n) is 11.8. The average Bonchev–Trinajstić information content (AvgIpc) is 3.18. The molecule has 0 fully saturated rings. The molecule has 6 rings (SSSR count). The van der Waals surface area contributed by atoms with Gasteiger partial charge in [0.1, 0.15) is 17.1 Å². The van der Waals surface area contributed by atoms with E-state index in [9.17, 15) is 9.59 Å². The normalized spacial score (nSPS) is 14.8. The van der Waals surface area contributed by atoms with Crippen molar-refractivity contribution in [1.29, 1.82) is 0 Å². The van der Waals surface area contributed by atoms with Crippen LogP contribution < -0.4 is 15.1 Å². The molecular weight excluding hydrogens is 450 g/mol. The number of aryl methyl sites for hydroxylation is 2. The summed E-state index contributed by atoms with van der Waals surface area (Å²) in [4.78, 5) is 29.3. The third-order valence-corrected chi connectivity index (χ3v) is 6.46. The summed E-state index contributed by atoms with van der Waals surface area (Å²) >= 11 is 0. The second kappa shape index (κ2) is 8.54. The topological polar surface area (TPSA) is 59.8 Å². The lowest BCUT2D eigenvalue weighted by atomic mass is 9.97. The van der Waals surface area contributed by atoms with Gasteiger partial charge in [0.05, 0.1) is 17.0 Å². The van der Waals surface area contributed by atoms with Crippen LogP contribution in [-0.4, -0.2) is 5.91 Å². The molecule has 36 heavy (non-hydrogen) atoms. The highest BCUT2D eigenvalue weighted by atomic mass is 16.5. The Balaban J connectivity index is 1.56. The van der Waals surface area contributed by atoms with E-state index in [0.717, 1.165) is 16.7 Å².